The van der Waals surface area contributed by atoms with Crippen LogP contribution in [-0.4, -0.2) is 13.3 Å². The van der Waals surface area contributed by atoms with Crippen molar-refractivity contribution in [2.45, 2.75) is 4.90 Å². The monoisotopic (exact) mass is 322 g/mol. The Bertz CT molecular complexity index is 872. The molecule has 2 aromatic rings. The molecule has 7 nitrogen and oxygen atoms in total. The third-order valence-electron chi connectivity index (χ3n) is 2.59. The average Bonchev–Trinajstić information content (AvgIpc) is 2.46. The minimum atomic E-state index is -4.39. The summed E-state index contributed by atoms with van der Waals surface area (Å²) in [5.74, 6) is -1.61. The van der Waals surface area contributed by atoms with Gasteiger partial charge < -0.3 is 4.18 Å². The van der Waals surface area contributed by atoms with Crippen LogP contribution in [0.15, 0.2) is 47.4 Å². The van der Waals surface area contributed by atoms with Gasteiger partial charge in [0.2, 0.25) is 5.75 Å². The lowest BCUT2D eigenvalue weighted by molar-refractivity contribution is -0.385. The number of nitro benzene ring substituents is 1. The molecule has 0 saturated heterocycles. The van der Waals surface area contributed by atoms with Crippen molar-refractivity contribution < 1.29 is 21.9 Å². The number of nitriles is 1. The Morgan fingerprint density at radius 1 is 1.18 bits per heavy atom. The molecule has 2 rings (SSSR count). The van der Waals surface area contributed by atoms with E-state index < -0.39 is 32.3 Å². The van der Waals surface area contributed by atoms with Crippen LogP contribution in [0.5, 0.6) is 5.75 Å². The summed E-state index contributed by atoms with van der Waals surface area (Å²) >= 11 is 0. The van der Waals surface area contributed by atoms with Crippen molar-refractivity contribution in [2.75, 3.05) is 0 Å². The molecular formula is C13H7FN2O5S. The summed E-state index contributed by atoms with van der Waals surface area (Å²) in [6.07, 6.45) is 0. The van der Waals surface area contributed by atoms with Crippen molar-refractivity contribution in [1.29, 1.82) is 5.26 Å². The highest BCUT2D eigenvalue weighted by atomic mass is 32.2. The maximum atomic E-state index is 13.2. The average molecular weight is 322 g/mol. The summed E-state index contributed by atoms with van der Waals surface area (Å²) < 4.78 is 41.9. The van der Waals surface area contributed by atoms with Crippen LogP contribution < -0.4 is 4.18 Å². The van der Waals surface area contributed by atoms with Crippen LogP contribution in [-0.2, 0) is 10.1 Å². The Morgan fingerprint density at radius 3 is 2.36 bits per heavy atom. The van der Waals surface area contributed by atoms with E-state index in [1.165, 1.54) is 12.1 Å². The molecule has 0 spiro atoms. The van der Waals surface area contributed by atoms with Gasteiger partial charge in [-0.1, -0.05) is 0 Å². The zero-order chi connectivity index (χ0) is 16.3. The molecule has 0 heterocycles. The number of halogens is 1. The molecule has 0 aliphatic heterocycles. The van der Waals surface area contributed by atoms with E-state index in [1.54, 1.807) is 0 Å². The van der Waals surface area contributed by atoms with Gasteiger partial charge in [0, 0.05) is 12.1 Å². The largest absolute Gasteiger partial charge is 0.371 e. The fourth-order valence-corrected chi connectivity index (χ4v) is 2.50. The van der Waals surface area contributed by atoms with Crippen molar-refractivity contribution in [3.8, 4) is 11.8 Å². The van der Waals surface area contributed by atoms with E-state index in [0.717, 1.165) is 24.3 Å². The number of hydrogen-bond acceptors (Lipinski definition) is 6. The Hall–Kier alpha value is -2.99. The van der Waals surface area contributed by atoms with Gasteiger partial charge in [0.05, 0.1) is 16.6 Å². The van der Waals surface area contributed by atoms with Gasteiger partial charge in [-0.15, -0.1) is 0 Å². The molecule has 0 unspecified atom stereocenters. The number of rotatable bonds is 4. The summed E-state index contributed by atoms with van der Waals surface area (Å²) in [4.78, 5) is 9.61. The molecule has 0 aliphatic carbocycles. The lowest BCUT2D eigenvalue weighted by Crippen LogP contribution is -2.11. The highest BCUT2D eigenvalue weighted by Crippen LogP contribution is 2.30. The zero-order valence-corrected chi connectivity index (χ0v) is 11.6. The first-order valence-electron chi connectivity index (χ1n) is 5.72. The summed E-state index contributed by atoms with van der Waals surface area (Å²) in [7, 11) is -4.39. The molecule has 0 aromatic heterocycles. The van der Waals surface area contributed by atoms with E-state index in [-0.39, 0.29) is 10.5 Å². The van der Waals surface area contributed by atoms with Crippen molar-refractivity contribution in [1.82, 2.24) is 0 Å². The molecule has 112 valence electrons. The van der Waals surface area contributed by atoms with Gasteiger partial charge in [0.25, 0.3) is 0 Å². The predicted molar refractivity (Wildman–Crippen MR) is 72.0 cm³/mol. The quantitative estimate of drug-likeness (QED) is 0.485. The smallest absolute Gasteiger partial charge is 0.339 e. The second-order valence-corrected chi connectivity index (χ2v) is 5.59. The third kappa shape index (κ3) is 3.18. The van der Waals surface area contributed by atoms with Crippen LogP contribution in [0.1, 0.15) is 5.56 Å². The summed E-state index contributed by atoms with van der Waals surface area (Å²) in [5, 5.41) is 19.5. The van der Waals surface area contributed by atoms with Gasteiger partial charge in [-0.2, -0.15) is 13.7 Å². The minimum absolute atomic E-state index is 0.232. The molecule has 22 heavy (non-hydrogen) atoms. The maximum Gasteiger partial charge on any atom is 0.339 e. The Kier molecular flexibility index (Phi) is 4.05. The summed E-state index contributed by atoms with van der Waals surface area (Å²) in [6, 6.07) is 8.76. The molecule has 0 fully saturated rings. The van der Waals surface area contributed by atoms with Gasteiger partial charge in [0.15, 0.2) is 0 Å². The van der Waals surface area contributed by atoms with E-state index in [4.69, 9.17) is 5.26 Å². The predicted octanol–water partition coefficient (Wildman–Crippen LogP) is 2.37. The van der Waals surface area contributed by atoms with Crippen molar-refractivity contribution in [3.63, 3.8) is 0 Å². The minimum Gasteiger partial charge on any atom is -0.371 e. The van der Waals surface area contributed by atoms with Crippen LogP contribution in [0.25, 0.3) is 0 Å². The second kappa shape index (κ2) is 5.79. The number of nitro groups is 1. The van der Waals surface area contributed by atoms with E-state index in [2.05, 4.69) is 4.18 Å². The number of benzene rings is 2. The van der Waals surface area contributed by atoms with Crippen LogP contribution >= 0.6 is 0 Å². The van der Waals surface area contributed by atoms with Crippen molar-refractivity contribution in [3.05, 3.63) is 64.0 Å². The fraction of sp³-hybridized carbons (Fsp3) is 0. The van der Waals surface area contributed by atoms with E-state index in [1.807, 2.05) is 6.07 Å². The van der Waals surface area contributed by atoms with E-state index in [9.17, 15) is 22.9 Å². The first kappa shape index (κ1) is 15.4. The Labute approximate surface area is 124 Å². The van der Waals surface area contributed by atoms with Gasteiger partial charge >= 0.3 is 15.8 Å². The summed E-state index contributed by atoms with van der Waals surface area (Å²) in [5.41, 5.74) is -0.450. The lowest BCUT2D eigenvalue weighted by Gasteiger charge is -2.07. The molecule has 2 aromatic carbocycles. The molecule has 0 aliphatic rings. The highest BCUT2D eigenvalue weighted by molar-refractivity contribution is 7.87. The van der Waals surface area contributed by atoms with E-state index in [0.29, 0.717) is 6.07 Å². The Morgan fingerprint density at radius 2 is 1.82 bits per heavy atom. The molecule has 0 atom stereocenters. The zero-order valence-electron chi connectivity index (χ0n) is 10.8. The molecule has 0 saturated carbocycles. The normalized spacial score (nSPS) is 10.7. The first-order valence-corrected chi connectivity index (χ1v) is 7.13. The highest BCUT2D eigenvalue weighted by Gasteiger charge is 2.24. The first-order chi connectivity index (χ1) is 10.3. The SMILES string of the molecule is N#Cc1ccc(S(=O)(=O)Oc2cc(F)ccc2[N+](=O)[O-])cc1. The number of nitrogens with zero attached hydrogens (tertiary/aromatic N) is 2. The number of hydrogen-bond donors (Lipinski definition) is 0. The van der Waals surface area contributed by atoms with Crippen LogP contribution in [0.4, 0.5) is 10.1 Å². The van der Waals surface area contributed by atoms with Crippen LogP contribution in [0.3, 0.4) is 0 Å². The summed E-state index contributed by atoms with van der Waals surface area (Å²) in [6.45, 7) is 0. The Balaban J connectivity index is 2.42. The van der Waals surface area contributed by atoms with E-state index >= 15 is 0 Å². The fourth-order valence-electron chi connectivity index (χ4n) is 1.57. The maximum absolute atomic E-state index is 13.2. The second-order valence-electron chi connectivity index (χ2n) is 4.04. The molecular weight excluding hydrogens is 315 g/mol. The molecule has 0 amide bonds. The van der Waals surface area contributed by atoms with Gasteiger partial charge in [-0.05, 0) is 30.3 Å². The molecule has 0 bridgehead atoms. The standard InChI is InChI=1S/C13H7FN2O5S/c14-10-3-6-12(16(17)18)13(7-10)21-22(19,20)11-4-1-9(8-15)2-5-11/h1-7H. The van der Waals surface area contributed by atoms with Gasteiger partial charge in [-0.25, -0.2) is 4.39 Å². The van der Waals surface area contributed by atoms with Gasteiger partial charge in [0.1, 0.15) is 10.7 Å². The van der Waals surface area contributed by atoms with Crippen LogP contribution in [0, 0.1) is 27.3 Å². The topological polar surface area (TPSA) is 110 Å². The molecule has 0 N–H and O–H groups in total. The third-order valence-corrected chi connectivity index (χ3v) is 3.84. The van der Waals surface area contributed by atoms with Crippen LogP contribution in [0.2, 0.25) is 0 Å². The van der Waals surface area contributed by atoms with Crippen molar-refractivity contribution >= 4 is 15.8 Å². The van der Waals surface area contributed by atoms with Gasteiger partial charge in [-0.3, -0.25) is 10.1 Å². The molecule has 9 heteroatoms. The lowest BCUT2D eigenvalue weighted by atomic mass is 10.2. The van der Waals surface area contributed by atoms with Crippen molar-refractivity contribution in [2.24, 2.45) is 0 Å². The molecule has 0 radical (unpaired) electrons.